The highest BCUT2D eigenvalue weighted by Crippen LogP contribution is 2.28. The van der Waals surface area contributed by atoms with E-state index in [9.17, 15) is 4.79 Å². The van der Waals surface area contributed by atoms with Gasteiger partial charge in [-0.25, -0.2) is 4.98 Å². The largest absolute Gasteiger partial charge is 0.293 e. The number of aromatic nitrogens is 2. The maximum absolute atomic E-state index is 13.1. The molecule has 1 fully saturated rings. The molecule has 0 bridgehead atoms. The first-order valence-electron chi connectivity index (χ1n) is 8.88. The van der Waals surface area contributed by atoms with Crippen LogP contribution in [0.3, 0.4) is 0 Å². The van der Waals surface area contributed by atoms with Gasteiger partial charge in [0.2, 0.25) is 5.91 Å². The van der Waals surface area contributed by atoms with Gasteiger partial charge in [-0.15, -0.1) is 0 Å². The number of rotatable bonds is 4. The minimum absolute atomic E-state index is 0.0997. The average Bonchev–Trinajstić information content (AvgIpc) is 3.17. The summed E-state index contributed by atoms with van der Waals surface area (Å²) in [4.78, 5) is 23.9. The molecule has 0 aliphatic heterocycles. The number of hydrogen-bond acceptors (Lipinski definition) is 3. The monoisotopic (exact) mass is 331 g/mol. The third-order valence-corrected chi connectivity index (χ3v) is 4.86. The lowest BCUT2D eigenvalue weighted by molar-refractivity contribution is -0.118. The fourth-order valence-electron chi connectivity index (χ4n) is 3.65. The number of carbonyl (C=O) groups is 1. The quantitative estimate of drug-likeness (QED) is 0.721. The van der Waals surface area contributed by atoms with Gasteiger partial charge in [0.15, 0.2) is 0 Å². The molecule has 0 saturated heterocycles. The van der Waals surface area contributed by atoms with Gasteiger partial charge in [-0.05, 0) is 42.7 Å². The summed E-state index contributed by atoms with van der Waals surface area (Å²) >= 11 is 0. The Balaban J connectivity index is 1.61. The number of hydrogen-bond donors (Lipinski definition) is 0. The lowest BCUT2D eigenvalue weighted by atomic mass is 10.1. The second-order valence-electron chi connectivity index (χ2n) is 6.60. The van der Waals surface area contributed by atoms with Crippen LogP contribution in [0.5, 0.6) is 0 Å². The van der Waals surface area contributed by atoms with Crippen molar-refractivity contribution in [2.45, 2.75) is 38.1 Å². The summed E-state index contributed by atoms with van der Waals surface area (Å²) in [6.07, 6.45) is 8.38. The van der Waals surface area contributed by atoms with E-state index in [0.717, 1.165) is 35.1 Å². The predicted molar refractivity (Wildman–Crippen MR) is 99.4 cm³/mol. The topological polar surface area (TPSA) is 46.1 Å². The van der Waals surface area contributed by atoms with E-state index in [1.807, 2.05) is 53.6 Å². The molecule has 0 spiro atoms. The highest BCUT2D eigenvalue weighted by atomic mass is 16.2. The molecule has 1 amide bonds. The van der Waals surface area contributed by atoms with Crippen molar-refractivity contribution in [1.29, 1.82) is 0 Å². The van der Waals surface area contributed by atoms with E-state index in [0.29, 0.717) is 6.42 Å². The highest BCUT2D eigenvalue weighted by Gasteiger charge is 2.28. The molecule has 0 unspecified atom stereocenters. The van der Waals surface area contributed by atoms with Crippen LogP contribution in [-0.2, 0) is 11.2 Å². The molecule has 3 aromatic rings. The van der Waals surface area contributed by atoms with Crippen LogP contribution < -0.4 is 4.90 Å². The van der Waals surface area contributed by atoms with Crippen molar-refractivity contribution >= 4 is 22.6 Å². The van der Waals surface area contributed by atoms with E-state index in [-0.39, 0.29) is 11.9 Å². The van der Waals surface area contributed by atoms with Gasteiger partial charge in [-0.1, -0.05) is 37.1 Å². The van der Waals surface area contributed by atoms with E-state index < -0.39 is 0 Å². The number of amides is 1. The summed E-state index contributed by atoms with van der Waals surface area (Å²) in [5, 5.41) is 1.07. The summed E-state index contributed by atoms with van der Waals surface area (Å²) in [7, 11) is 0. The normalized spacial score (nSPS) is 14.7. The zero-order valence-corrected chi connectivity index (χ0v) is 14.1. The summed E-state index contributed by atoms with van der Waals surface area (Å²) in [5.74, 6) is 0.857. The van der Waals surface area contributed by atoms with Crippen molar-refractivity contribution < 1.29 is 4.79 Å². The van der Waals surface area contributed by atoms with Gasteiger partial charge in [-0.3, -0.25) is 14.7 Å². The Morgan fingerprint density at radius 1 is 1.04 bits per heavy atom. The average molecular weight is 331 g/mol. The Morgan fingerprint density at radius 3 is 2.64 bits per heavy atom. The molecule has 1 saturated carbocycles. The zero-order chi connectivity index (χ0) is 17.1. The Bertz CT molecular complexity index is 872. The number of carbonyl (C=O) groups excluding carboxylic acids is 1. The molecular formula is C21H21N3O. The van der Waals surface area contributed by atoms with E-state index in [2.05, 4.69) is 16.0 Å². The molecule has 1 aliphatic carbocycles. The molecule has 2 aromatic heterocycles. The van der Waals surface area contributed by atoms with E-state index in [1.54, 1.807) is 6.20 Å². The smallest absolute Gasteiger partial charge is 0.232 e. The van der Waals surface area contributed by atoms with Crippen LogP contribution in [0.4, 0.5) is 5.82 Å². The van der Waals surface area contributed by atoms with Crippen molar-refractivity contribution in [3.8, 4) is 0 Å². The van der Waals surface area contributed by atoms with E-state index in [1.165, 1.54) is 12.8 Å². The van der Waals surface area contributed by atoms with Crippen LogP contribution in [-0.4, -0.2) is 21.9 Å². The summed E-state index contributed by atoms with van der Waals surface area (Å²) in [5.41, 5.74) is 1.90. The minimum Gasteiger partial charge on any atom is -0.293 e. The molecule has 1 aromatic carbocycles. The first-order chi connectivity index (χ1) is 12.3. The lowest BCUT2D eigenvalue weighted by Gasteiger charge is -2.28. The second kappa shape index (κ2) is 7.01. The third kappa shape index (κ3) is 3.38. The first kappa shape index (κ1) is 15.8. The first-order valence-corrected chi connectivity index (χ1v) is 8.88. The molecular weight excluding hydrogens is 310 g/mol. The summed E-state index contributed by atoms with van der Waals surface area (Å²) in [6.45, 7) is 0. The Kier molecular flexibility index (Phi) is 4.42. The van der Waals surface area contributed by atoms with Crippen molar-refractivity contribution in [1.82, 2.24) is 9.97 Å². The van der Waals surface area contributed by atoms with Crippen molar-refractivity contribution in [2.75, 3.05) is 4.90 Å². The molecule has 4 rings (SSSR count). The van der Waals surface area contributed by atoms with Crippen molar-refractivity contribution in [3.63, 3.8) is 0 Å². The summed E-state index contributed by atoms with van der Waals surface area (Å²) < 4.78 is 0. The maximum atomic E-state index is 13.1. The van der Waals surface area contributed by atoms with Gasteiger partial charge in [0.1, 0.15) is 5.82 Å². The highest BCUT2D eigenvalue weighted by molar-refractivity contribution is 5.95. The Hall–Kier alpha value is -2.75. The van der Waals surface area contributed by atoms with Crippen molar-refractivity contribution in [2.24, 2.45) is 0 Å². The van der Waals surface area contributed by atoms with E-state index in [4.69, 9.17) is 0 Å². The zero-order valence-electron chi connectivity index (χ0n) is 14.1. The fourth-order valence-corrected chi connectivity index (χ4v) is 3.65. The van der Waals surface area contributed by atoms with Crippen LogP contribution in [0.15, 0.2) is 60.9 Å². The summed E-state index contributed by atoms with van der Waals surface area (Å²) in [6, 6.07) is 16.1. The third-order valence-electron chi connectivity index (χ3n) is 4.86. The molecule has 4 nitrogen and oxygen atoms in total. The molecule has 0 atom stereocenters. The number of nitrogens with zero attached hydrogens (tertiary/aromatic N) is 3. The minimum atomic E-state index is 0.0997. The molecule has 4 heteroatoms. The molecule has 2 heterocycles. The van der Waals surface area contributed by atoms with Crippen LogP contribution in [0, 0.1) is 0 Å². The number of benzene rings is 1. The Labute approximate surface area is 147 Å². The van der Waals surface area contributed by atoms with Gasteiger partial charge in [0, 0.05) is 23.8 Å². The number of pyridine rings is 2. The number of anilines is 1. The lowest BCUT2D eigenvalue weighted by Crippen LogP contribution is -2.40. The Morgan fingerprint density at radius 2 is 1.84 bits per heavy atom. The van der Waals surface area contributed by atoms with Crippen LogP contribution in [0.25, 0.3) is 10.9 Å². The molecule has 126 valence electrons. The standard InChI is InChI=1S/C21H21N3O/c25-21(14-16-13-17-7-1-4-10-19(17)23-15-16)24(18-8-2-3-9-18)20-11-5-6-12-22-20/h1,4-7,10-13,15,18H,2-3,8-9,14H2. The van der Waals surface area contributed by atoms with Gasteiger partial charge in [0.05, 0.1) is 11.9 Å². The van der Waals surface area contributed by atoms with Crippen LogP contribution >= 0.6 is 0 Å². The van der Waals surface area contributed by atoms with Gasteiger partial charge >= 0.3 is 0 Å². The van der Waals surface area contributed by atoms with Gasteiger partial charge < -0.3 is 0 Å². The molecule has 0 N–H and O–H groups in total. The van der Waals surface area contributed by atoms with Crippen LogP contribution in [0.2, 0.25) is 0 Å². The van der Waals surface area contributed by atoms with E-state index >= 15 is 0 Å². The molecule has 0 radical (unpaired) electrons. The maximum Gasteiger partial charge on any atom is 0.232 e. The molecule has 1 aliphatic rings. The SMILES string of the molecule is O=C(Cc1cnc2ccccc2c1)N(c1ccccn1)C1CCCC1. The van der Waals surface area contributed by atoms with Crippen LogP contribution in [0.1, 0.15) is 31.2 Å². The van der Waals surface area contributed by atoms with Crippen molar-refractivity contribution in [3.05, 3.63) is 66.5 Å². The predicted octanol–water partition coefficient (Wildman–Crippen LogP) is 4.15. The fraction of sp³-hybridized carbons (Fsp3) is 0.286. The second-order valence-corrected chi connectivity index (χ2v) is 6.60. The molecule has 25 heavy (non-hydrogen) atoms. The number of fused-ring (bicyclic) bond motifs is 1. The van der Waals surface area contributed by atoms with Gasteiger partial charge in [-0.2, -0.15) is 0 Å². The van der Waals surface area contributed by atoms with Gasteiger partial charge in [0.25, 0.3) is 0 Å². The number of para-hydroxylation sites is 1.